The van der Waals surface area contributed by atoms with Crippen molar-refractivity contribution in [2.24, 2.45) is 0 Å². The number of carbonyl (C=O) groups excluding carboxylic acids is 1. The predicted molar refractivity (Wildman–Crippen MR) is 92.9 cm³/mol. The molecule has 0 fully saturated rings. The molecule has 0 spiro atoms. The Morgan fingerprint density at radius 3 is 2.87 bits per heavy atom. The number of amides is 1. The molecule has 1 amide bonds. The minimum atomic E-state index is -0.0505. The fourth-order valence-electron chi connectivity index (χ4n) is 2.38. The molecule has 2 aromatic heterocycles. The van der Waals surface area contributed by atoms with Crippen molar-refractivity contribution in [3.63, 3.8) is 0 Å². The van der Waals surface area contributed by atoms with Crippen LogP contribution in [0.15, 0.2) is 59.6 Å². The maximum absolute atomic E-state index is 12.2. The zero-order chi connectivity index (χ0) is 16.1. The molecule has 0 bridgehead atoms. The SMILES string of the molecule is O=C(Cc1ccccc1Cl)NC[C@H](c1ccsc1)n1cccn1. The molecule has 0 radical (unpaired) electrons. The number of hydrogen-bond acceptors (Lipinski definition) is 3. The van der Waals surface area contributed by atoms with Crippen LogP contribution in [-0.2, 0) is 11.2 Å². The van der Waals surface area contributed by atoms with E-state index in [-0.39, 0.29) is 18.4 Å². The zero-order valence-electron chi connectivity index (χ0n) is 12.4. The number of hydrogen-bond donors (Lipinski definition) is 1. The molecule has 23 heavy (non-hydrogen) atoms. The first-order chi connectivity index (χ1) is 11.2. The molecule has 1 aromatic carbocycles. The summed E-state index contributed by atoms with van der Waals surface area (Å²) in [7, 11) is 0. The summed E-state index contributed by atoms with van der Waals surface area (Å²) in [6, 6.07) is 11.3. The molecule has 0 aliphatic rings. The third-order valence-corrected chi connectivity index (χ3v) is 4.64. The molecule has 0 aliphatic heterocycles. The summed E-state index contributed by atoms with van der Waals surface area (Å²) in [4.78, 5) is 12.2. The Hall–Kier alpha value is -2.11. The Balaban J connectivity index is 1.65. The van der Waals surface area contributed by atoms with Gasteiger partial charge in [0.15, 0.2) is 0 Å². The summed E-state index contributed by atoms with van der Waals surface area (Å²) in [5.41, 5.74) is 1.97. The first kappa shape index (κ1) is 15.8. The fraction of sp³-hybridized carbons (Fsp3) is 0.176. The smallest absolute Gasteiger partial charge is 0.224 e. The van der Waals surface area contributed by atoms with E-state index in [1.165, 1.54) is 0 Å². The summed E-state index contributed by atoms with van der Waals surface area (Å²) in [6.45, 7) is 0.488. The van der Waals surface area contributed by atoms with Crippen LogP contribution < -0.4 is 5.32 Å². The molecule has 3 aromatic rings. The van der Waals surface area contributed by atoms with Gasteiger partial charge in [-0.25, -0.2) is 0 Å². The Bertz CT molecular complexity index is 722. The molecule has 1 N–H and O–H groups in total. The van der Waals surface area contributed by atoms with Crippen LogP contribution in [0, 0.1) is 0 Å². The van der Waals surface area contributed by atoms with Gasteiger partial charge in [0.05, 0.1) is 12.5 Å². The molecule has 118 valence electrons. The van der Waals surface area contributed by atoms with Crippen molar-refractivity contribution in [2.75, 3.05) is 6.54 Å². The van der Waals surface area contributed by atoms with Crippen molar-refractivity contribution >= 4 is 28.8 Å². The summed E-state index contributed by atoms with van der Waals surface area (Å²) in [5.74, 6) is -0.0505. The average molecular weight is 346 g/mol. The number of thiophene rings is 1. The van der Waals surface area contributed by atoms with Gasteiger partial charge in [-0.2, -0.15) is 16.4 Å². The third kappa shape index (κ3) is 4.00. The van der Waals surface area contributed by atoms with E-state index in [0.29, 0.717) is 11.6 Å². The summed E-state index contributed by atoms with van der Waals surface area (Å²) in [6.07, 6.45) is 3.92. The second-order valence-electron chi connectivity index (χ2n) is 5.13. The highest BCUT2D eigenvalue weighted by molar-refractivity contribution is 7.07. The number of nitrogens with zero attached hydrogens (tertiary/aromatic N) is 2. The van der Waals surface area contributed by atoms with E-state index >= 15 is 0 Å². The van der Waals surface area contributed by atoms with Gasteiger partial charge in [0.25, 0.3) is 0 Å². The molecular weight excluding hydrogens is 330 g/mol. The van der Waals surface area contributed by atoms with Gasteiger partial charge in [-0.05, 0) is 40.1 Å². The van der Waals surface area contributed by atoms with Crippen LogP contribution in [-0.4, -0.2) is 22.2 Å². The highest BCUT2D eigenvalue weighted by Crippen LogP contribution is 2.20. The van der Waals surface area contributed by atoms with E-state index in [9.17, 15) is 4.79 Å². The number of benzene rings is 1. The minimum Gasteiger partial charge on any atom is -0.353 e. The monoisotopic (exact) mass is 345 g/mol. The van der Waals surface area contributed by atoms with Crippen LogP contribution in [0.2, 0.25) is 5.02 Å². The van der Waals surface area contributed by atoms with Crippen molar-refractivity contribution in [3.8, 4) is 0 Å². The van der Waals surface area contributed by atoms with Crippen LogP contribution in [0.3, 0.4) is 0 Å². The van der Waals surface area contributed by atoms with Gasteiger partial charge in [0, 0.05) is 24.0 Å². The van der Waals surface area contributed by atoms with E-state index in [0.717, 1.165) is 11.1 Å². The van der Waals surface area contributed by atoms with Crippen LogP contribution in [0.5, 0.6) is 0 Å². The van der Waals surface area contributed by atoms with E-state index < -0.39 is 0 Å². The average Bonchev–Trinajstić information content (AvgIpc) is 3.23. The van der Waals surface area contributed by atoms with Gasteiger partial charge >= 0.3 is 0 Å². The second-order valence-corrected chi connectivity index (χ2v) is 6.32. The Labute approximate surface area is 143 Å². The highest BCUT2D eigenvalue weighted by Gasteiger charge is 2.16. The topological polar surface area (TPSA) is 46.9 Å². The molecule has 2 heterocycles. The van der Waals surface area contributed by atoms with Crippen molar-refractivity contribution in [3.05, 3.63) is 75.7 Å². The maximum Gasteiger partial charge on any atom is 0.224 e. The maximum atomic E-state index is 12.2. The number of halogens is 1. The number of nitrogens with one attached hydrogen (secondary N) is 1. The first-order valence-electron chi connectivity index (χ1n) is 7.25. The van der Waals surface area contributed by atoms with Crippen LogP contribution >= 0.6 is 22.9 Å². The zero-order valence-corrected chi connectivity index (χ0v) is 13.9. The largest absolute Gasteiger partial charge is 0.353 e. The third-order valence-electron chi connectivity index (χ3n) is 3.57. The second kappa shape index (κ2) is 7.44. The molecule has 4 nitrogen and oxygen atoms in total. The number of aromatic nitrogens is 2. The normalized spacial score (nSPS) is 12.0. The standard InChI is InChI=1S/C17H16ClN3OS/c18-15-5-2-1-4-13(15)10-17(22)19-11-16(14-6-9-23-12-14)21-8-3-7-20-21/h1-9,12,16H,10-11H2,(H,19,22)/t16-/m1/s1. The molecule has 0 unspecified atom stereocenters. The Morgan fingerprint density at radius 1 is 1.30 bits per heavy atom. The number of carbonyl (C=O) groups is 1. The highest BCUT2D eigenvalue weighted by atomic mass is 35.5. The summed E-state index contributed by atoms with van der Waals surface area (Å²) < 4.78 is 1.86. The van der Waals surface area contributed by atoms with Crippen molar-refractivity contribution in [1.82, 2.24) is 15.1 Å². The van der Waals surface area contributed by atoms with E-state index in [1.807, 2.05) is 40.5 Å². The van der Waals surface area contributed by atoms with Gasteiger partial charge in [-0.3, -0.25) is 9.48 Å². The molecule has 1 atom stereocenters. The van der Waals surface area contributed by atoms with Gasteiger partial charge < -0.3 is 5.32 Å². The minimum absolute atomic E-state index is 0.00792. The molecule has 3 rings (SSSR count). The fourth-order valence-corrected chi connectivity index (χ4v) is 3.29. The van der Waals surface area contributed by atoms with Crippen molar-refractivity contribution < 1.29 is 4.79 Å². The van der Waals surface area contributed by atoms with Crippen molar-refractivity contribution in [2.45, 2.75) is 12.5 Å². The molecule has 0 saturated carbocycles. The van der Waals surface area contributed by atoms with Gasteiger partial charge in [-0.15, -0.1) is 0 Å². The predicted octanol–water partition coefficient (Wildman–Crippen LogP) is 3.55. The van der Waals surface area contributed by atoms with Crippen LogP contribution in [0.1, 0.15) is 17.2 Å². The molecule has 0 saturated heterocycles. The first-order valence-corrected chi connectivity index (χ1v) is 8.57. The lowest BCUT2D eigenvalue weighted by atomic mass is 10.1. The lowest BCUT2D eigenvalue weighted by Crippen LogP contribution is -2.32. The lowest BCUT2D eigenvalue weighted by molar-refractivity contribution is -0.120. The van der Waals surface area contributed by atoms with Gasteiger partial charge in [-0.1, -0.05) is 29.8 Å². The number of rotatable bonds is 6. The quantitative estimate of drug-likeness (QED) is 0.742. The molecule has 0 aliphatic carbocycles. The summed E-state index contributed by atoms with van der Waals surface area (Å²) >= 11 is 7.73. The molecular formula is C17H16ClN3OS. The Kier molecular flexibility index (Phi) is 5.10. The van der Waals surface area contributed by atoms with E-state index in [4.69, 9.17) is 11.6 Å². The van der Waals surface area contributed by atoms with Crippen LogP contribution in [0.25, 0.3) is 0 Å². The van der Waals surface area contributed by atoms with Crippen LogP contribution in [0.4, 0.5) is 0 Å². The lowest BCUT2D eigenvalue weighted by Gasteiger charge is -2.17. The van der Waals surface area contributed by atoms with E-state index in [1.54, 1.807) is 23.6 Å². The summed E-state index contributed by atoms with van der Waals surface area (Å²) in [5, 5.41) is 12.0. The van der Waals surface area contributed by atoms with Gasteiger partial charge in [0.2, 0.25) is 5.91 Å². The van der Waals surface area contributed by atoms with E-state index in [2.05, 4.69) is 21.9 Å². The molecule has 6 heteroatoms. The Morgan fingerprint density at radius 2 is 2.17 bits per heavy atom. The van der Waals surface area contributed by atoms with Crippen molar-refractivity contribution in [1.29, 1.82) is 0 Å². The van der Waals surface area contributed by atoms with Gasteiger partial charge in [0.1, 0.15) is 0 Å².